The molecule has 3 aromatic rings. The molecule has 23 heavy (non-hydrogen) atoms. The number of aromatic amines is 1. The number of benzene rings is 2. The average Bonchev–Trinajstić information content (AvgIpc) is 2.99. The molecule has 0 aliphatic heterocycles. The van der Waals surface area contributed by atoms with E-state index in [4.69, 9.17) is 0 Å². The zero-order valence-electron chi connectivity index (χ0n) is 13.8. The smallest absolute Gasteiger partial charge is 0.0681 e. The first kappa shape index (κ1) is 15.8. The first-order valence-corrected chi connectivity index (χ1v) is 8.17. The highest BCUT2D eigenvalue weighted by Crippen LogP contribution is 2.22. The Bertz CT molecular complexity index is 791. The first-order chi connectivity index (χ1) is 11.2. The van der Waals surface area contributed by atoms with Crippen molar-refractivity contribution in [1.29, 1.82) is 0 Å². The highest BCUT2D eigenvalue weighted by molar-refractivity contribution is 5.86. The predicted molar refractivity (Wildman–Crippen MR) is 95.5 cm³/mol. The van der Waals surface area contributed by atoms with E-state index >= 15 is 0 Å². The molecule has 0 saturated carbocycles. The zero-order valence-corrected chi connectivity index (χ0v) is 13.8. The molecule has 1 unspecified atom stereocenters. The van der Waals surface area contributed by atoms with Crippen LogP contribution in [0, 0.1) is 6.92 Å². The van der Waals surface area contributed by atoms with Crippen LogP contribution in [0.5, 0.6) is 0 Å². The van der Waals surface area contributed by atoms with E-state index in [1.54, 1.807) is 0 Å². The third-order valence-electron chi connectivity index (χ3n) is 4.47. The van der Waals surface area contributed by atoms with Crippen LogP contribution in [0.4, 0.5) is 0 Å². The molecule has 0 aliphatic carbocycles. The molecule has 2 aromatic carbocycles. The second-order valence-corrected chi connectivity index (χ2v) is 6.14. The molecule has 0 saturated heterocycles. The van der Waals surface area contributed by atoms with Crippen LogP contribution in [0.15, 0.2) is 48.7 Å². The summed E-state index contributed by atoms with van der Waals surface area (Å²) in [6, 6.07) is 14.8. The maximum atomic E-state index is 9.25. The van der Waals surface area contributed by atoms with Gasteiger partial charge in [-0.3, -0.25) is 0 Å². The Labute approximate surface area is 137 Å². The van der Waals surface area contributed by atoms with Gasteiger partial charge in [0.1, 0.15) is 0 Å². The van der Waals surface area contributed by atoms with Crippen LogP contribution < -0.4 is 5.32 Å². The normalized spacial score (nSPS) is 12.7. The monoisotopic (exact) mass is 308 g/mol. The first-order valence-electron chi connectivity index (χ1n) is 8.17. The lowest BCUT2D eigenvalue weighted by molar-refractivity contribution is 0.281. The molecular formula is C20H24N2O. The molecular weight excluding hydrogens is 284 g/mol. The molecule has 0 amide bonds. The van der Waals surface area contributed by atoms with Crippen LogP contribution in [-0.2, 0) is 13.0 Å². The van der Waals surface area contributed by atoms with Gasteiger partial charge in [0, 0.05) is 23.1 Å². The van der Waals surface area contributed by atoms with E-state index in [0.717, 1.165) is 18.5 Å². The quantitative estimate of drug-likeness (QED) is 0.647. The zero-order chi connectivity index (χ0) is 16.2. The molecule has 1 heterocycles. The van der Waals surface area contributed by atoms with E-state index in [-0.39, 0.29) is 12.6 Å². The van der Waals surface area contributed by atoms with Crippen LogP contribution in [0.1, 0.15) is 35.2 Å². The third kappa shape index (κ3) is 3.46. The van der Waals surface area contributed by atoms with Gasteiger partial charge in [0.25, 0.3) is 0 Å². The van der Waals surface area contributed by atoms with Gasteiger partial charge in [-0.25, -0.2) is 0 Å². The van der Waals surface area contributed by atoms with Gasteiger partial charge < -0.3 is 15.4 Å². The van der Waals surface area contributed by atoms with E-state index in [0.29, 0.717) is 0 Å². The predicted octanol–water partition coefficient (Wildman–Crippen LogP) is 3.86. The molecule has 0 fully saturated rings. The minimum absolute atomic E-state index is 0.0924. The maximum absolute atomic E-state index is 9.25. The van der Waals surface area contributed by atoms with Crippen molar-refractivity contribution >= 4 is 10.9 Å². The van der Waals surface area contributed by atoms with Gasteiger partial charge in [0.15, 0.2) is 0 Å². The molecule has 3 heteroatoms. The van der Waals surface area contributed by atoms with Crippen LogP contribution >= 0.6 is 0 Å². The van der Waals surface area contributed by atoms with Gasteiger partial charge in [-0.2, -0.15) is 0 Å². The lowest BCUT2D eigenvalue weighted by Gasteiger charge is -2.15. The Balaban J connectivity index is 1.64. The Morgan fingerprint density at radius 1 is 1.17 bits per heavy atom. The van der Waals surface area contributed by atoms with Gasteiger partial charge in [-0.1, -0.05) is 36.4 Å². The van der Waals surface area contributed by atoms with Crippen molar-refractivity contribution in [3.63, 3.8) is 0 Å². The Hall–Kier alpha value is -2.10. The number of nitrogens with one attached hydrogen (secondary N) is 2. The van der Waals surface area contributed by atoms with E-state index in [9.17, 15) is 5.11 Å². The molecule has 3 rings (SSSR count). The Morgan fingerprint density at radius 3 is 2.83 bits per heavy atom. The Morgan fingerprint density at radius 2 is 2.00 bits per heavy atom. The standard InChI is InChI=1S/C20H24N2O/c1-14-5-3-8-19-20(14)18(12-22-19)9-10-21-15(2)17-7-4-6-16(11-17)13-23/h3-8,11-12,15,21-23H,9-10,13H2,1-2H3. The van der Waals surface area contributed by atoms with Crippen LogP contribution in [0.3, 0.4) is 0 Å². The summed E-state index contributed by atoms with van der Waals surface area (Å²) < 4.78 is 0. The third-order valence-corrected chi connectivity index (χ3v) is 4.47. The summed E-state index contributed by atoms with van der Waals surface area (Å²) >= 11 is 0. The van der Waals surface area contributed by atoms with E-state index in [1.807, 2.05) is 12.1 Å². The number of aliphatic hydroxyl groups excluding tert-OH is 1. The molecule has 120 valence electrons. The van der Waals surface area contributed by atoms with Crippen LogP contribution in [0.25, 0.3) is 10.9 Å². The number of hydrogen-bond donors (Lipinski definition) is 3. The maximum Gasteiger partial charge on any atom is 0.0681 e. The molecule has 0 radical (unpaired) electrons. The fourth-order valence-electron chi connectivity index (χ4n) is 3.15. The van der Waals surface area contributed by atoms with Crippen molar-refractivity contribution in [1.82, 2.24) is 10.3 Å². The summed E-state index contributed by atoms with van der Waals surface area (Å²) in [7, 11) is 0. The average molecular weight is 308 g/mol. The highest BCUT2D eigenvalue weighted by Gasteiger charge is 2.08. The summed E-state index contributed by atoms with van der Waals surface area (Å²) in [6.07, 6.45) is 3.12. The van der Waals surface area contributed by atoms with E-state index < -0.39 is 0 Å². The number of H-pyrrole nitrogens is 1. The van der Waals surface area contributed by atoms with Crippen molar-refractivity contribution in [3.8, 4) is 0 Å². The number of aliphatic hydroxyl groups is 1. The fraction of sp³-hybridized carbons (Fsp3) is 0.300. The number of rotatable bonds is 6. The lowest BCUT2D eigenvalue weighted by atomic mass is 10.0. The van der Waals surface area contributed by atoms with Gasteiger partial charge in [-0.05, 0) is 55.1 Å². The van der Waals surface area contributed by atoms with Crippen molar-refractivity contribution in [2.75, 3.05) is 6.54 Å². The lowest BCUT2D eigenvalue weighted by Crippen LogP contribution is -2.21. The molecule has 3 nitrogen and oxygen atoms in total. The largest absolute Gasteiger partial charge is 0.392 e. The van der Waals surface area contributed by atoms with Crippen LogP contribution in [0.2, 0.25) is 0 Å². The topological polar surface area (TPSA) is 48.0 Å². The van der Waals surface area contributed by atoms with Crippen molar-refractivity contribution in [3.05, 3.63) is 70.9 Å². The highest BCUT2D eigenvalue weighted by atomic mass is 16.3. The second-order valence-electron chi connectivity index (χ2n) is 6.14. The minimum Gasteiger partial charge on any atom is -0.392 e. The van der Waals surface area contributed by atoms with Gasteiger partial charge in [0.2, 0.25) is 0 Å². The summed E-state index contributed by atoms with van der Waals surface area (Å²) in [5.41, 5.74) is 6.07. The van der Waals surface area contributed by atoms with Crippen molar-refractivity contribution < 1.29 is 5.11 Å². The summed E-state index contributed by atoms with van der Waals surface area (Å²) in [5, 5.41) is 14.2. The summed E-state index contributed by atoms with van der Waals surface area (Å²) in [5.74, 6) is 0. The summed E-state index contributed by atoms with van der Waals surface area (Å²) in [6.45, 7) is 5.34. The number of fused-ring (bicyclic) bond motifs is 1. The van der Waals surface area contributed by atoms with Crippen molar-refractivity contribution in [2.45, 2.75) is 32.9 Å². The molecule has 1 aromatic heterocycles. The molecule has 0 bridgehead atoms. The second kappa shape index (κ2) is 6.99. The molecule has 0 aliphatic rings. The minimum atomic E-state index is 0.0924. The Kier molecular flexibility index (Phi) is 4.79. The molecule has 0 spiro atoms. The number of hydrogen-bond acceptors (Lipinski definition) is 2. The number of aromatic nitrogens is 1. The van der Waals surface area contributed by atoms with Crippen LogP contribution in [-0.4, -0.2) is 16.6 Å². The van der Waals surface area contributed by atoms with Gasteiger partial charge in [-0.15, -0.1) is 0 Å². The van der Waals surface area contributed by atoms with Gasteiger partial charge >= 0.3 is 0 Å². The SMILES string of the molecule is Cc1cccc2[nH]cc(CCNC(C)c3cccc(CO)c3)c12. The number of aryl methyl sites for hydroxylation is 1. The van der Waals surface area contributed by atoms with E-state index in [1.165, 1.54) is 27.6 Å². The fourth-order valence-corrected chi connectivity index (χ4v) is 3.15. The molecule has 1 atom stereocenters. The summed E-state index contributed by atoms with van der Waals surface area (Å²) in [4.78, 5) is 3.36. The van der Waals surface area contributed by atoms with E-state index in [2.05, 4.69) is 60.7 Å². The molecule has 3 N–H and O–H groups in total. The van der Waals surface area contributed by atoms with Crippen molar-refractivity contribution in [2.24, 2.45) is 0 Å². The van der Waals surface area contributed by atoms with Gasteiger partial charge in [0.05, 0.1) is 6.61 Å².